The van der Waals surface area contributed by atoms with E-state index in [9.17, 15) is 9.59 Å². The van der Waals surface area contributed by atoms with Crippen LogP contribution in [-0.4, -0.2) is 61.0 Å². The van der Waals surface area contributed by atoms with Crippen LogP contribution in [0.25, 0.3) is 11.5 Å². The third-order valence-electron chi connectivity index (χ3n) is 5.44. The molecule has 1 N–H and O–H groups in total. The lowest BCUT2D eigenvalue weighted by Crippen LogP contribution is -2.36. The monoisotopic (exact) mass is 423 g/mol. The van der Waals surface area contributed by atoms with Crippen LogP contribution in [0.2, 0.25) is 0 Å². The SMILES string of the molecule is Cn1cccc1C(=O)N1CCCC(c2nc(-c3cnccn3)no2)CCNC(=O)CC1. The van der Waals surface area contributed by atoms with Crippen LogP contribution in [0.3, 0.4) is 0 Å². The van der Waals surface area contributed by atoms with Gasteiger partial charge in [-0.15, -0.1) is 0 Å². The Kier molecular flexibility index (Phi) is 6.34. The van der Waals surface area contributed by atoms with Crippen LogP contribution >= 0.6 is 0 Å². The number of carbonyl (C=O) groups excluding carboxylic acids is 2. The molecule has 0 spiro atoms. The number of nitrogens with zero attached hydrogens (tertiary/aromatic N) is 6. The molecule has 1 aliphatic heterocycles. The Morgan fingerprint density at radius 1 is 1.26 bits per heavy atom. The van der Waals surface area contributed by atoms with Crippen LogP contribution in [0.1, 0.15) is 48.0 Å². The fourth-order valence-electron chi connectivity index (χ4n) is 3.71. The highest BCUT2D eigenvalue weighted by Crippen LogP contribution is 2.26. The van der Waals surface area contributed by atoms with Crippen LogP contribution in [0.5, 0.6) is 0 Å². The van der Waals surface area contributed by atoms with E-state index in [2.05, 4.69) is 25.4 Å². The van der Waals surface area contributed by atoms with Crippen molar-refractivity contribution in [3.63, 3.8) is 0 Å². The molecule has 10 nitrogen and oxygen atoms in total. The number of hydrogen-bond acceptors (Lipinski definition) is 7. The molecule has 1 fully saturated rings. The van der Waals surface area contributed by atoms with Crippen molar-refractivity contribution in [2.45, 2.75) is 31.6 Å². The van der Waals surface area contributed by atoms with Crippen molar-refractivity contribution >= 4 is 11.8 Å². The summed E-state index contributed by atoms with van der Waals surface area (Å²) >= 11 is 0. The van der Waals surface area contributed by atoms with E-state index < -0.39 is 0 Å². The first kappa shape index (κ1) is 20.7. The summed E-state index contributed by atoms with van der Waals surface area (Å²) in [6.45, 7) is 1.45. The molecule has 0 bridgehead atoms. The van der Waals surface area contributed by atoms with Gasteiger partial charge in [0.2, 0.25) is 17.6 Å². The number of amides is 2. The molecule has 1 atom stereocenters. The Labute approximate surface area is 179 Å². The molecule has 0 aromatic carbocycles. The first-order valence-electron chi connectivity index (χ1n) is 10.4. The van der Waals surface area contributed by atoms with Gasteiger partial charge in [-0.05, 0) is 31.4 Å². The first-order chi connectivity index (χ1) is 15.1. The topological polar surface area (TPSA) is 119 Å². The Bertz CT molecular complexity index is 1030. The van der Waals surface area contributed by atoms with E-state index in [1.165, 1.54) is 0 Å². The lowest BCUT2D eigenvalue weighted by atomic mass is 9.99. The fraction of sp³-hybridized carbons (Fsp3) is 0.429. The van der Waals surface area contributed by atoms with Gasteiger partial charge in [0.05, 0.1) is 6.20 Å². The summed E-state index contributed by atoms with van der Waals surface area (Å²) in [4.78, 5) is 39.7. The molecule has 4 rings (SSSR count). The molecule has 162 valence electrons. The molecule has 0 saturated carbocycles. The van der Waals surface area contributed by atoms with Gasteiger partial charge < -0.3 is 19.3 Å². The number of aromatic nitrogens is 5. The maximum atomic E-state index is 13.0. The van der Waals surface area contributed by atoms with Gasteiger partial charge >= 0.3 is 0 Å². The van der Waals surface area contributed by atoms with Crippen molar-refractivity contribution < 1.29 is 14.1 Å². The summed E-state index contributed by atoms with van der Waals surface area (Å²) in [6.07, 6.45) is 9.06. The predicted octanol–water partition coefficient (Wildman–Crippen LogP) is 1.78. The molecular formula is C21H25N7O3. The summed E-state index contributed by atoms with van der Waals surface area (Å²) in [6, 6.07) is 3.63. The highest BCUT2D eigenvalue weighted by Gasteiger charge is 2.24. The standard InChI is InChI=1S/C21H25N7O3/c1-27-11-3-5-17(27)21(30)28-12-2-4-15(6-8-24-18(29)7-13-28)20-25-19(26-31-20)16-14-22-9-10-23-16/h3,5,9-11,14-15H,2,4,6-8,12-13H2,1H3,(H,24,29). The molecule has 3 aromatic rings. The van der Waals surface area contributed by atoms with Crippen molar-refractivity contribution in [3.05, 3.63) is 48.5 Å². The van der Waals surface area contributed by atoms with E-state index in [-0.39, 0.29) is 24.2 Å². The van der Waals surface area contributed by atoms with Crippen molar-refractivity contribution in [3.8, 4) is 11.5 Å². The summed E-state index contributed by atoms with van der Waals surface area (Å²) in [5.74, 6) is 0.731. The summed E-state index contributed by atoms with van der Waals surface area (Å²) in [5.41, 5.74) is 1.15. The minimum Gasteiger partial charge on any atom is -0.356 e. The maximum absolute atomic E-state index is 13.0. The van der Waals surface area contributed by atoms with E-state index in [0.29, 0.717) is 49.2 Å². The number of aryl methyl sites for hydroxylation is 1. The van der Waals surface area contributed by atoms with E-state index in [1.807, 2.05) is 19.3 Å². The average Bonchev–Trinajstić information content (AvgIpc) is 3.43. The van der Waals surface area contributed by atoms with Gasteiger partial charge in [0.1, 0.15) is 11.4 Å². The van der Waals surface area contributed by atoms with Crippen molar-refractivity contribution in [2.75, 3.05) is 19.6 Å². The number of carbonyl (C=O) groups is 2. The fourth-order valence-corrected chi connectivity index (χ4v) is 3.71. The second-order valence-electron chi connectivity index (χ2n) is 7.57. The van der Waals surface area contributed by atoms with E-state index >= 15 is 0 Å². The molecule has 10 heteroatoms. The quantitative estimate of drug-likeness (QED) is 0.682. The van der Waals surface area contributed by atoms with Gasteiger partial charge in [0.15, 0.2) is 0 Å². The van der Waals surface area contributed by atoms with Gasteiger partial charge in [0, 0.05) is 57.6 Å². The summed E-state index contributed by atoms with van der Waals surface area (Å²) < 4.78 is 7.30. The zero-order chi connectivity index (χ0) is 21.6. The lowest BCUT2D eigenvalue weighted by molar-refractivity contribution is -0.121. The Hall–Kier alpha value is -3.56. The largest absolute Gasteiger partial charge is 0.356 e. The van der Waals surface area contributed by atoms with Crippen LogP contribution < -0.4 is 5.32 Å². The molecule has 1 aliphatic rings. The van der Waals surface area contributed by atoms with Crippen molar-refractivity contribution in [1.29, 1.82) is 0 Å². The third-order valence-corrected chi connectivity index (χ3v) is 5.44. The van der Waals surface area contributed by atoms with E-state index in [0.717, 1.165) is 12.8 Å². The molecule has 3 aromatic heterocycles. The lowest BCUT2D eigenvalue weighted by Gasteiger charge is -2.23. The highest BCUT2D eigenvalue weighted by atomic mass is 16.5. The summed E-state index contributed by atoms with van der Waals surface area (Å²) in [7, 11) is 1.84. The van der Waals surface area contributed by atoms with Gasteiger partial charge in [-0.2, -0.15) is 4.98 Å². The minimum atomic E-state index is -0.0730. The molecule has 1 saturated heterocycles. The van der Waals surface area contributed by atoms with Gasteiger partial charge in [-0.1, -0.05) is 5.16 Å². The van der Waals surface area contributed by atoms with Crippen LogP contribution in [-0.2, 0) is 11.8 Å². The minimum absolute atomic E-state index is 0.0247. The van der Waals surface area contributed by atoms with E-state index in [1.54, 1.807) is 34.1 Å². The predicted molar refractivity (Wildman–Crippen MR) is 111 cm³/mol. The Balaban J connectivity index is 1.48. The molecule has 1 unspecified atom stereocenters. The second-order valence-corrected chi connectivity index (χ2v) is 7.57. The second kappa shape index (κ2) is 9.50. The summed E-state index contributed by atoms with van der Waals surface area (Å²) in [5, 5.41) is 6.96. The number of hydrogen-bond donors (Lipinski definition) is 1. The van der Waals surface area contributed by atoms with Gasteiger partial charge in [-0.25, -0.2) is 4.98 Å². The first-order valence-corrected chi connectivity index (χ1v) is 10.4. The molecule has 0 aliphatic carbocycles. The van der Waals surface area contributed by atoms with Crippen molar-refractivity contribution in [1.82, 2.24) is 34.9 Å². The van der Waals surface area contributed by atoms with Gasteiger partial charge in [-0.3, -0.25) is 14.6 Å². The maximum Gasteiger partial charge on any atom is 0.270 e. The highest BCUT2D eigenvalue weighted by molar-refractivity contribution is 5.93. The molecule has 31 heavy (non-hydrogen) atoms. The molecular weight excluding hydrogens is 398 g/mol. The Morgan fingerprint density at radius 2 is 2.16 bits per heavy atom. The van der Waals surface area contributed by atoms with E-state index in [4.69, 9.17) is 4.52 Å². The molecule has 4 heterocycles. The van der Waals surface area contributed by atoms with Crippen LogP contribution in [0, 0.1) is 0 Å². The van der Waals surface area contributed by atoms with Gasteiger partial charge in [0.25, 0.3) is 5.91 Å². The smallest absolute Gasteiger partial charge is 0.270 e. The zero-order valence-corrected chi connectivity index (χ0v) is 17.4. The van der Waals surface area contributed by atoms with Crippen LogP contribution in [0.15, 0.2) is 41.4 Å². The number of nitrogens with one attached hydrogen (secondary N) is 1. The molecule has 2 amide bonds. The third kappa shape index (κ3) is 4.96. The number of rotatable bonds is 3. The van der Waals surface area contributed by atoms with Crippen molar-refractivity contribution in [2.24, 2.45) is 7.05 Å². The normalized spacial score (nSPS) is 18.3. The molecule has 0 radical (unpaired) electrons. The zero-order valence-electron chi connectivity index (χ0n) is 17.4. The average molecular weight is 423 g/mol. The van der Waals surface area contributed by atoms with Crippen LogP contribution in [0.4, 0.5) is 0 Å². The Morgan fingerprint density at radius 3 is 2.94 bits per heavy atom.